The maximum atomic E-state index is 5.67. The van der Waals surface area contributed by atoms with Crippen molar-refractivity contribution in [1.82, 2.24) is 0 Å². The van der Waals surface area contributed by atoms with Crippen molar-refractivity contribution in [3.8, 4) is 0 Å². The van der Waals surface area contributed by atoms with Crippen molar-refractivity contribution in [3.63, 3.8) is 0 Å². The summed E-state index contributed by atoms with van der Waals surface area (Å²) in [4.78, 5) is 0. The smallest absolute Gasteiger partial charge is 0.0701 e. The Morgan fingerprint density at radius 1 is 1.07 bits per heavy atom. The van der Waals surface area contributed by atoms with Crippen molar-refractivity contribution < 1.29 is 14.2 Å². The van der Waals surface area contributed by atoms with Gasteiger partial charge in [-0.1, -0.05) is 6.92 Å². The fourth-order valence-electron chi connectivity index (χ4n) is 0.878. The molecule has 0 radical (unpaired) electrons. The SMILES string of the molecule is CCC(N)COCCOCCCOC. The number of nitrogens with two attached hydrogens (primary N) is 1. The van der Waals surface area contributed by atoms with Gasteiger partial charge in [-0.15, -0.1) is 0 Å². The number of methoxy groups -OCH3 is 1. The molecule has 4 heteroatoms. The number of rotatable bonds is 10. The van der Waals surface area contributed by atoms with Crippen LogP contribution in [0.5, 0.6) is 0 Å². The fourth-order valence-corrected chi connectivity index (χ4v) is 0.878. The van der Waals surface area contributed by atoms with Crippen LogP contribution in [0, 0.1) is 0 Å². The zero-order chi connectivity index (χ0) is 10.6. The van der Waals surface area contributed by atoms with Crippen LogP contribution in [-0.2, 0) is 14.2 Å². The largest absolute Gasteiger partial charge is 0.385 e. The molecule has 0 aliphatic rings. The molecule has 14 heavy (non-hydrogen) atoms. The van der Waals surface area contributed by atoms with Gasteiger partial charge in [0.05, 0.1) is 19.8 Å². The zero-order valence-corrected chi connectivity index (χ0v) is 9.33. The summed E-state index contributed by atoms with van der Waals surface area (Å²) >= 11 is 0. The van der Waals surface area contributed by atoms with E-state index < -0.39 is 0 Å². The highest BCUT2D eigenvalue weighted by Gasteiger charge is 1.97. The summed E-state index contributed by atoms with van der Waals surface area (Å²) in [5.41, 5.74) is 5.67. The molecule has 0 bridgehead atoms. The molecule has 0 aromatic heterocycles. The van der Waals surface area contributed by atoms with Crippen molar-refractivity contribution in [1.29, 1.82) is 0 Å². The third kappa shape index (κ3) is 9.92. The van der Waals surface area contributed by atoms with Gasteiger partial charge in [0.25, 0.3) is 0 Å². The van der Waals surface area contributed by atoms with Crippen molar-refractivity contribution in [2.24, 2.45) is 5.73 Å². The maximum absolute atomic E-state index is 5.67. The third-order valence-corrected chi connectivity index (χ3v) is 1.87. The lowest BCUT2D eigenvalue weighted by atomic mass is 10.3. The highest BCUT2D eigenvalue weighted by Crippen LogP contribution is 1.88. The van der Waals surface area contributed by atoms with E-state index in [4.69, 9.17) is 19.9 Å². The van der Waals surface area contributed by atoms with Crippen molar-refractivity contribution in [3.05, 3.63) is 0 Å². The van der Waals surface area contributed by atoms with E-state index in [0.717, 1.165) is 26.1 Å². The number of ether oxygens (including phenoxy) is 3. The molecule has 4 nitrogen and oxygen atoms in total. The molecule has 0 amide bonds. The lowest BCUT2D eigenvalue weighted by molar-refractivity contribution is 0.0354. The first kappa shape index (κ1) is 13.8. The van der Waals surface area contributed by atoms with Crippen LogP contribution in [-0.4, -0.2) is 46.2 Å². The molecule has 2 N–H and O–H groups in total. The molecule has 0 rings (SSSR count). The first-order valence-corrected chi connectivity index (χ1v) is 5.21. The molecule has 0 heterocycles. The van der Waals surface area contributed by atoms with Crippen LogP contribution >= 0.6 is 0 Å². The van der Waals surface area contributed by atoms with E-state index in [1.807, 2.05) is 0 Å². The van der Waals surface area contributed by atoms with Gasteiger partial charge in [0, 0.05) is 26.4 Å². The molecule has 0 spiro atoms. The molecular formula is C10H23NO3. The second-order valence-corrected chi connectivity index (χ2v) is 3.20. The van der Waals surface area contributed by atoms with Crippen LogP contribution in [0.4, 0.5) is 0 Å². The summed E-state index contributed by atoms with van der Waals surface area (Å²) in [6, 6.07) is 0.156. The Bertz CT molecular complexity index is 112. The molecular weight excluding hydrogens is 182 g/mol. The highest BCUT2D eigenvalue weighted by molar-refractivity contribution is 4.54. The minimum atomic E-state index is 0.156. The van der Waals surface area contributed by atoms with Crippen LogP contribution in [0.25, 0.3) is 0 Å². The number of hydrogen-bond acceptors (Lipinski definition) is 4. The minimum absolute atomic E-state index is 0.156. The van der Waals surface area contributed by atoms with E-state index in [2.05, 4.69) is 6.92 Å². The fraction of sp³-hybridized carbons (Fsp3) is 1.00. The molecule has 0 aromatic rings. The van der Waals surface area contributed by atoms with Gasteiger partial charge in [0.15, 0.2) is 0 Å². The number of hydrogen-bond donors (Lipinski definition) is 1. The van der Waals surface area contributed by atoms with Gasteiger partial charge in [-0.3, -0.25) is 0 Å². The van der Waals surface area contributed by atoms with E-state index >= 15 is 0 Å². The summed E-state index contributed by atoms with van der Waals surface area (Å²) in [7, 11) is 1.69. The van der Waals surface area contributed by atoms with Crippen molar-refractivity contribution in [2.75, 3.05) is 40.1 Å². The van der Waals surface area contributed by atoms with E-state index in [9.17, 15) is 0 Å². The van der Waals surface area contributed by atoms with Crippen LogP contribution in [0.15, 0.2) is 0 Å². The first-order valence-electron chi connectivity index (χ1n) is 5.21. The van der Waals surface area contributed by atoms with Gasteiger partial charge in [-0.25, -0.2) is 0 Å². The Labute approximate surface area is 86.7 Å². The predicted molar refractivity (Wildman–Crippen MR) is 56.4 cm³/mol. The molecule has 1 atom stereocenters. The Balaban J connectivity index is 2.92. The van der Waals surface area contributed by atoms with Crippen LogP contribution in [0.2, 0.25) is 0 Å². The predicted octanol–water partition coefficient (Wildman–Crippen LogP) is 0.793. The summed E-state index contributed by atoms with van der Waals surface area (Å²) in [6.45, 7) is 5.42. The Kier molecular flexibility index (Phi) is 10.8. The Morgan fingerprint density at radius 2 is 1.79 bits per heavy atom. The summed E-state index contributed by atoms with van der Waals surface area (Å²) in [5.74, 6) is 0. The second kappa shape index (κ2) is 10.9. The van der Waals surface area contributed by atoms with E-state index in [1.165, 1.54) is 0 Å². The normalized spacial score (nSPS) is 13.1. The Hall–Kier alpha value is -0.160. The third-order valence-electron chi connectivity index (χ3n) is 1.87. The average molecular weight is 205 g/mol. The minimum Gasteiger partial charge on any atom is -0.385 e. The lowest BCUT2D eigenvalue weighted by Crippen LogP contribution is -2.25. The van der Waals surface area contributed by atoms with Crippen LogP contribution < -0.4 is 5.73 Å². The molecule has 0 aromatic carbocycles. The zero-order valence-electron chi connectivity index (χ0n) is 9.33. The molecule has 0 saturated heterocycles. The second-order valence-electron chi connectivity index (χ2n) is 3.20. The van der Waals surface area contributed by atoms with Crippen LogP contribution in [0.3, 0.4) is 0 Å². The quantitative estimate of drug-likeness (QED) is 0.536. The van der Waals surface area contributed by atoms with Crippen molar-refractivity contribution >= 4 is 0 Å². The van der Waals surface area contributed by atoms with Gasteiger partial charge in [0.1, 0.15) is 0 Å². The average Bonchev–Trinajstić information content (AvgIpc) is 2.21. The topological polar surface area (TPSA) is 53.7 Å². The maximum Gasteiger partial charge on any atom is 0.0701 e. The van der Waals surface area contributed by atoms with Crippen LogP contribution in [0.1, 0.15) is 19.8 Å². The summed E-state index contributed by atoms with van der Waals surface area (Å²) in [6.07, 6.45) is 1.89. The van der Waals surface area contributed by atoms with Crippen molar-refractivity contribution in [2.45, 2.75) is 25.8 Å². The van der Waals surface area contributed by atoms with E-state index in [-0.39, 0.29) is 6.04 Å². The van der Waals surface area contributed by atoms with Gasteiger partial charge in [-0.2, -0.15) is 0 Å². The van der Waals surface area contributed by atoms with Gasteiger partial charge in [0.2, 0.25) is 0 Å². The first-order chi connectivity index (χ1) is 6.81. The monoisotopic (exact) mass is 205 g/mol. The summed E-state index contributed by atoms with van der Waals surface area (Å²) < 4.78 is 15.5. The van der Waals surface area contributed by atoms with E-state index in [1.54, 1.807) is 7.11 Å². The standard InChI is InChI=1S/C10H23NO3/c1-3-10(11)9-14-8-7-13-6-4-5-12-2/h10H,3-9,11H2,1-2H3. The molecule has 0 aliphatic heterocycles. The van der Waals surface area contributed by atoms with Gasteiger partial charge in [-0.05, 0) is 12.8 Å². The molecule has 0 saturated carbocycles. The van der Waals surface area contributed by atoms with Gasteiger partial charge >= 0.3 is 0 Å². The molecule has 0 aliphatic carbocycles. The lowest BCUT2D eigenvalue weighted by Gasteiger charge is -2.09. The molecule has 1 unspecified atom stereocenters. The molecule has 0 fully saturated rings. The van der Waals surface area contributed by atoms with E-state index in [0.29, 0.717) is 19.8 Å². The highest BCUT2D eigenvalue weighted by atomic mass is 16.5. The summed E-state index contributed by atoms with van der Waals surface area (Å²) in [5, 5.41) is 0. The molecule has 86 valence electrons. The Morgan fingerprint density at radius 3 is 2.43 bits per heavy atom. The van der Waals surface area contributed by atoms with Gasteiger partial charge < -0.3 is 19.9 Å².